The Balaban J connectivity index is 1.57. The molecule has 3 rings (SSSR count). The highest BCUT2D eigenvalue weighted by molar-refractivity contribution is 7.89. The zero-order valence-electron chi connectivity index (χ0n) is 16.9. The lowest BCUT2D eigenvalue weighted by Gasteiger charge is -2.31. The summed E-state index contributed by atoms with van der Waals surface area (Å²) in [6, 6.07) is 16.0. The van der Waals surface area contributed by atoms with Crippen LogP contribution in [0.1, 0.15) is 32.3 Å². The molecule has 0 bridgehead atoms. The van der Waals surface area contributed by atoms with Crippen LogP contribution in [0.4, 0.5) is 0 Å². The molecule has 1 aliphatic rings. The van der Waals surface area contributed by atoms with E-state index >= 15 is 0 Å². The quantitative estimate of drug-likeness (QED) is 0.752. The maximum Gasteiger partial charge on any atom is 0.243 e. The van der Waals surface area contributed by atoms with Gasteiger partial charge in [-0.2, -0.15) is 4.31 Å². The number of nitrogens with zero attached hydrogens (tertiary/aromatic N) is 1. The van der Waals surface area contributed by atoms with Crippen LogP contribution in [-0.4, -0.2) is 37.8 Å². The minimum absolute atomic E-state index is 0.111. The number of nitrogens with one attached hydrogen (secondary N) is 1. The number of amides is 1. The fourth-order valence-corrected chi connectivity index (χ4v) is 4.95. The van der Waals surface area contributed by atoms with Gasteiger partial charge in [-0.3, -0.25) is 4.79 Å². The first-order valence-electron chi connectivity index (χ1n) is 9.95. The lowest BCUT2D eigenvalue weighted by Crippen LogP contribution is -2.45. The second kappa shape index (κ2) is 9.41. The van der Waals surface area contributed by atoms with Gasteiger partial charge in [0.25, 0.3) is 0 Å². The Hall–Kier alpha value is -2.38. The average Bonchev–Trinajstić information content (AvgIpc) is 2.73. The first-order chi connectivity index (χ1) is 13.9. The third kappa shape index (κ3) is 5.58. The fraction of sp³-hybridized carbons (Fsp3) is 0.409. The Morgan fingerprint density at radius 2 is 1.83 bits per heavy atom. The lowest BCUT2D eigenvalue weighted by atomic mass is 9.99. The predicted octanol–water partition coefficient (Wildman–Crippen LogP) is 3.19. The van der Waals surface area contributed by atoms with Crippen molar-refractivity contribution in [3.05, 3.63) is 60.2 Å². The Bertz CT molecular complexity index is 912. The van der Waals surface area contributed by atoms with Crippen molar-refractivity contribution in [3.63, 3.8) is 0 Å². The first kappa shape index (κ1) is 21.3. The monoisotopic (exact) mass is 416 g/mol. The molecule has 0 saturated carbocycles. The van der Waals surface area contributed by atoms with Gasteiger partial charge < -0.3 is 10.1 Å². The van der Waals surface area contributed by atoms with Crippen LogP contribution in [0.5, 0.6) is 5.75 Å². The maximum absolute atomic E-state index is 12.8. The molecule has 2 aromatic rings. The highest BCUT2D eigenvalue weighted by atomic mass is 32.2. The molecule has 7 heteroatoms. The van der Waals surface area contributed by atoms with Crippen LogP contribution in [0, 0.1) is 5.92 Å². The van der Waals surface area contributed by atoms with Crippen LogP contribution < -0.4 is 10.1 Å². The van der Waals surface area contributed by atoms with Gasteiger partial charge in [-0.15, -0.1) is 0 Å². The van der Waals surface area contributed by atoms with Crippen LogP contribution in [0.3, 0.4) is 0 Å². The van der Waals surface area contributed by atoms with E-state index in [0.717, 1.165) is 11.3 Å². The van der Waals surface area contributed by atoms with Crippen molar-refractivity contribution in [1.29, 1.82) is 0 Å². The summed E-state index contributed by atoms with van der Waals surface area (Å²) in [6.07, 6.45) is 1.47. The molecule has 1 heterocycles. The minimum Gasteiger partial charge on any atom is -0.491 e. The molecule has 1 amide bonds. The largest absolute Gasteiger partial charge is 0.491 e. The number of carbonyl (C=O) groups is 1. The molecule has 0 aromatic heterocycles. The number of carbonyl (C=O) groups excluding carboxylic acids is 1. The van der Waals surface area contributed by atoms with Gasteiger partial charge in [0.15, 0.2) is 0 Å². The van der Waals surface area contributed by atoms with Crippen molar-refractivity contribution >= 4 is 15.9 Å². The number of hydrogen-bond donors (Lipinski definition) is 1. The third-order valence-corrected chi connectivity index (χ3v) is 6.78. The van der Waals surface area contributed by atoms with E-state index in [9.17, 15) is 13.2 Å². The summed E-state index contributed by atoms with van der Waals surface area (Å²) >= 11 is 0. The van der Waals surface area contributed by atoms with Crippen LogP contribution in [0.25, 0.3) is 0 Å². The van der Waals surface area contributed by atoms with Gasteiger partial charge in [-0.05, 0) is 56.5 Å². The molecule has 29 heavy (non-hydrogen) atoms. The van der Waals surface area contributed by atoms with Crippen molar-refractivity contribution in [1.82, 2.24) is 9.62 Å². The molecule has 0 aliphatic carbocycles. The zero-order valence-corrected chi connectivity index (χ0v) is 17.7. The zero-order chi connectivity index (χ0) is 20.9. The molecule has 0 unspecified atom stereocenters. The lowest BCUT2D eigenvalue weighted by molar-refractivity contribution is -0.126. The summed E-state index contributed by atoms with van der Waals surface area (Å²) in [4.78, 5) is 12.9. The van der Waals surface area contributed by atoms with E-state index in [-0.39, 0.29) is 29.4 Å². The number of hydrogen-bond acceptors (Lipinski definition) is 4. The Labute approximate surface area is 172 Å². The van der Waals surface area contributed by atoms with E-state index in [1.165, 1.54) is 4.31 Å². The second-order valence-electron chi connectivity index (χ2n) is 7.54. The highest BCUT2D eigenvalue weighted by Crippen LogP contribution is 2.24. The van der Waals surface area contributed by atoms with Gasteiger partial charge in [0.2, 0.25) is 15.9 Å². The van der Waals surface area contributed by atoms with Gasteiger partial charge in [0.05, 0.1) is 16.9 Å². The van der Waals surface area contributed by atoms with Gasteiger partial charge >= 0.3 is 0 Å². The molecular formula is C22H28N2O4S. The molecule has 156 valence electrons. The number of piperidine rings is 1. The summed E-state index contributed by atoms with van der Waals surface area (Å²) < 4.78 is 32.7. The topological polar surface area (TPSA) is 75.7 Å². The minimum atomic E-state index is -3.57. The number of ether oxygens (including phenoxy) is 1. The van der Waals surface area contributed by atoms with E-state index in [4.69, 9.17) is 4.74 Å². The van der Waals surface area contributed by atoms with Crippen molar-refractivity contribution in [3.8, 4) is 5.75 Å². The number of benzene rings is 2. The highest BCUT2D eigenvalue weighted by Gasteiger charge is 2.33. The van der Waals surface area contributed by atoms with E-state index in [0.29, 0.717) is 25.9 Å². The molecule has 2 aromatic carbocycles. The van der Waals surface area contributed by atoms with Gasteiger partial charge in [-0.25, -0.2) is 8.42 Å². The van der Waals surface area contributed by atoms with Gasteiger partial charge in [0.1, 0.15) is 5.75 Å². The summed E-state index contributed by atoms with van der Waals surface area (Å²) in [5, 5.41) is 2.94. The van der Waals surface area contributed by atoms with Crippen molar-refractivity contribution in [2.45, 2.75) is 44.2 Å². The molecule has 1 aliphatic heterocycles. The van der Waals surface area contributed by atoms with Crippen LogP contribution in [0.2, 0.25) is 0 Å². The fourth-order valence-electron chi connectivity index (χ4n) is 3.41. The Kier molecular flexibility index (Phi) is 6.92. The summed E-state index contributed by atoms with van der Waals surface area (Å²) in [6.45, 7) is 5.00. The van der Waals surface area contributed by atoms with Crippen LogP contribution in [-0.2, 0) is 21.4 Å². The molecular weight excluding hydrogens is 388 g/mol. The number of sulfonamides is 1. The van der Waals surface area contributed by atoms with Crippen molar-refractivity contribution < 1.29 is 17.9 Å². The van der Waals surface area contributed by atoms with Crippen molar-refractivity contribution in [2.24, 2.45) is 5.92 Å². The van der Waals surface area contributed by atoms with Crippen LogP contribution in [0.15, 0.2) is 59.5 Å². The van der Waals surface area contributed by atoms with Gasteiger partial charge in [-0.1, -0.05) is 30.3 Å². The first-order valence-corrected chi connectivity index (χ1v) is 11.4. The molecule has 6 nitrogen and oxygen atoms in total. The normalized spacial score (nSPS) is 17.8. The second-order valence-corrected chi connectivity index (χ2v) is 9.48. The van der Waals surface area contributed by atoms with Gasteiger partial charge in [0, 0.05) is 19.6 Å². The standard InChI is InChI=1S/C22H28N2O4S/c1-17(2)28-20-12-10-18(11-13-20)15-23-22(25)19-7-6-14-24(16-19)29(26,27)21-8-4-3-5-9-21/h3-5,8-13,17,19H,6-7,14-16H2,1-2H3,(H,23,25)/t19-/m1/s1. The Morgan fingerprint density at radius 3 is 2.48 bits per heavy atom. The van der Waals surface area contributed by atoms with E-state index in [2.05, 4.69) is 5.32 Å². The smallest absolute Gasteiger partial charge is 0.243 e. The molecule has 1 fully saturated rings. The SMILES string of the molecule is CC(C)Oc1ccc(CNC(=O)[C@@H]2CCCN(S(=O)(=O)c3ccccc3)C2)cc1. The predicted molar refractivity (Wildman–Crippen MR) is 112 cm³/mol. The van der Waals surface area contributed by atoms with E-state index < -0.39 is 10.0 Å². The Morgan fingerprint density at radius 1 is 1.14 bits per heavy atom. The average molecular weight is 417 g/mol. The summed E-state index contributed by atoms with van der Waals surface area (Å²) in [5.74, 6) is 0.343. The van der Waals surface area contributed by atoms with Crippen LogP contribution >= 0.6 is 0 Å². The molecule has 1 N–H and O–H groups in total. The molecule has 1 atom stereocenters. The maximum atomic E-state index is 12.8. The van der Waals surface area contributed by atoms with Crippen molar-refractivity contribution in [2.75, 3.05) is 13.1 Å². The molecule has 0 radical (unpaired) electrons. The number of rotatable bonds is 7. The molecule has 1 saturated heterocycles. The van der Waals surface area contributed by atoms with E-state index in [1.807, 2.05) is 38.1 Å². The summed E-state index contributed by atoms with van der Waals surface area (Å²) in [5.41, 5.74) is 0.971. The third-order valence-electron chi connectivity index (χ3n) is 4.90. The summed E-state index contributed by atoms with van der Waals surface area (Å²) in [7, 11) is -3.57. The van der Waals surface area contributed by atoms with E-state index in [1.54, 1.807) is 30.3 Å². The molecule has 0 spiro atoms.